The maximum Gasteiger partial charge on any atom is 0.225 e. The van der Waals surface area contributed by atoms with Crippen LogP contribution < -0.4 is 10.6 Å². The monoisotopic (exact) mass is 272 g/mol. The lowest BCUT2D eigenvalue weighted by Crippen LogP contribution is -2.49. The summed E-state index contributed by atoms with van der Waals surface area (Å²) in [5, 5.41) is 6.69. The summed E-state index contributed by atoms with van der Waals surface area (Å²) in [6.07, 6.45) is 6.81. The molecule has 3 rings (SSSR count). The van der Waals surface area contributed by atoms with Gasteiger partial charge in [0, 0.05) is 6.54 Å². The molecule has 1 saturated heterocycles. The van der Waals surface area contributed by atoms with Gasteiger partial charge in [-0.2, -0.15) is 0 Å². The van der Waals surface area contributed by atoms with Crippen LogP contribution in [0.4, 0.5) is 0 Å². The molecule has 1 aromatic carbocycles. The van der Waals surface area contributed by atoms with Gasteiger partial charge in [0.15, 0.2) is 0 Å². The zero-order valence-electron chi connectivity index (χ0n) is 12.0. The van der Waals surface area contributed by atoms with E-state index in [1.807, 2.05) is 6.07 Å². The lowest BCUT2D eigenvalue weighted by atomic mass is 9.76. The van der Waals surface area contributed by atoms with Crippen LogP contribution >= 0.6 is 0 Å². The second-order valence-corrected chi connectivity index (χ2v) is 6.19. The van der Waals surface area contributed by atoms with Crippen LogP contribution in [0, 0.1) is 5.92 Å². The summed E-state index contributed by atoms with van der Waals surface area (Å²) in [5.41, 5.74) is 1.15. The number of rotatable bonds is 3. The van der Waals surface area contributed by atoms with E-state index in [1.54, 1.807) is 0 Å². The molecule has 1 aromatic rings. The number of carbonyl (C=O) groups is 1. The summed E-state index contributed by atoms with van der Waals surface area (Å²) in [5.74, 6) is 0.387. The summed E-state index contributed by atoms with van der Waals surface area (Å²) in [4.78, 5) is 12.5. The van der Waals surface area contributed by atoms with Crippen LogP contribution in [-0.2, 0) is 10.3 Å². The number of nitrogens with one attached hydrogen (secondary N) is 2. The van der Waals surface area contributed by atoms with Crippen molar-refractivity contribution in [2.24, 2.45) is 5.92 Å². The van der Waals surface area contributed by atoms with E-state index in [2.05, 4.69) is 34.9 Å². The molecule has 2 fully saturated rings. The Morgan fingerprint density at radius 1 is 1.15 bits per heavy atom. The Kier molecular flexibility index (Phi) is 4.06. The van der Waals surface area contributed by atoms with E-state index in [9.17, 15) is 4.79 Å². The van der Waals surface area contributed by atoms with E-state index in [4.69, 9.17) is 0 Å². The Morgan fingerprint density at radius 2 is 1.90 bits per heavy atom. The third kappa shape index (κ3) is 2.73. The molecule has 1 aliphatic carbocycles. The first-order valence-corrected chi connectivity index (χ1v) is 7.88. The lowest BCUT2D eigenvalue weighted by Gasteiger charge is -2.39. The van der Waals surface area contributed by atoms with Crippen molar-refractivity contribution < 1.29 is 4.79 Å². The maximum atomic E-state index is 12.5. The van der Waals surface area contributed by atoms with E-state index in [0.717, 1.165) is 32.4 Å². The van der Waals surface area contributed by atoms with Crippen LogP contribution in [0.2, 0.25) is 0 Å². The second kappa shape index (κ2) is 5.96. The molecule has 0 radical (unpaired) electrons. The summed E-state index contributed by atoms with van der Waals surface area (Å²) in [6, 6.07) is 10.5. The van der Waals surface area contributed by atoms with Gasteiger partial charge in [-0.05, 0) is 31.4 Å². The zero-order chi connectivity index (χ0) is 13.8. The smallest absolute Gasteiger partial charge is 0.225 e. The molecule has 0 unspecified atom stereocenters. The van der Waals surface area contributed by atoms with E-state index < -0.39 is 0 Å². The lowest BCUT2D eigenvalue weighted by molar-refractivity contribution is -0.127. The van der Waals surface area contributed by atoms with Crippen LogP contribution in [-0.4, -0.2) is 19.0 Å². The Hall–Kier alpha value is -1.35. The minimum absolute atomic E-state index is 0.126. The van der Waals surface area contributed by atoms with Crippen molar-refractivity contribution in [2.45, 2.75) is 44.1 Å². The largest absolute Gasteiger partial charge is 0.346 e. The van der Waals surface area contributed by atoms with Crippen molar-refractivity contribution in [3.05, 3.63) is 35.9 Å². The zero-order valence-corrected chi connectivity index (χ0v) is 12.0. The van der Waals surface area contributed by atoms with Crippen LogP contribution in [0.5, 0.6) is 0 Å². The quantitative estimate of drug-likeness (QED) is 0.888. The van der Waals surface area contributed by atoms with E-state index in [-0.39, 0.29) is 17.4 Å². The van der Waals surface area contributed by atoms with Crippen LogP contribution in [0.3, 0.4) is 0 Å². The van der Waals surface area contributed by atoms with Crippen molar-refractivity contribution >= 4 is 5.91 Å². The van der Waals surface area contributed by atoms with Crippen molar-refractivity contribution in [1.82, 2.24) is 10.6 Å². The molecule has 20 heavy (non-hydrogen) atoms. The highest BCUT2D eigenvalue weighted by Gasteiger charge is 2.37. The number of benzene rings is 1. The van der Waals surface area contributed by atoms with Gasteiger partial charge in [0.2, 0.25) is 5.91 Å². The normalized spacial score (nSPS) is 25.3. The molecule has 1 atom stereocenters. The van der Waals surface area contributed by atoms with Gasteiger partial charge in [0.1, 0.15) is 0 Å². The third-order valence-corrected chi connectivity index (χ3v) is 4.83. The molecule has 3 heteroatoms. The van der Waals surface area contributed by atoms with Crippen molar-refractivity contribution in [2.75, 3.05) is 13.1 Å². The molecule has 3 nitrogen and oxygen atoms in total. The Bertz CT molecular complexity index is 445. The molecular weight excluding hydrogens is 248 g/mol. The van der Waals surface area contributed by atoms with Gasteiger partial charge in [-0.1, -0.05) is 49.6 Å². The molecule has 0 spiro atoms. The first-order chi connectivity index (χ1) is 9.80. The highest BCUT2D eigenvalue weighted by atomic mass is 16.2. The summed E-state index contributed by atoms with van der Waals surface area (Å²) in [7, 11) is 0. The number of hydrogen-bond donors (Lipinski definition) is 2. The Morgan fingerprint density at radius 3 is 2.55 bits per heavy atom. The van der Waals surface area contributed by atoms with Gasteiger partial charge >= 0.3 is 0 Å². The second-order valence-electron chi connectivity index (χ2n) is 6.19. The van der Waals surface area contributed by atoms with E-state index in [1.165, 1.54) is 24.8 Å². The SMILES string of the molecule is O=C(NC1(c2ccccc2)CCCCC1)[C@@H]1CCNC1. The standard InChI is InChI=1S/C17H24N2O/c20-16(14-9-12-18-13-14)19-17(10-5-2-6-11-17)15-7-3-1-4-8-15/h1,3-4,7-8,14,18H,2,5-6,9-13H2,(H,19,20)/t14-/m1/s1. The van der Waals surface area contributed by atoms with E-state index in [0.29, 0.717) is 0 Å². The molecule has 2 aliphatic rings. The van der Waals surface area contributed by atoms with Crippen LogP contribution in [0.1, 0.15) is 44.1 Å². The molecule has 1 heterocycles. The summed E-state index contributed by atoms with van der Waals surface area (Å²) >= 11 is 0. The molecule has 0 aromatic heterocycles. The van der Waals surface area contributed by atoms with Gasteiger partial charge in [0.25, 0.3) is 0 Å². The Balaban J connectivity index is 1.80. The first kappa shape index (κ1) is 13.6. The summed E-state index contributed by atoms with van der Waals surface area (Å²) < 4.78 is 0. The summed E-state index contributed by atoms with van der Waals surface area (Å²) in [6.45, 7) is 1.80. The van der Waals surface area contributed by atoms with Gasteiger partial charge in [-0.3, -0.25) is 4.79 Å². The maximum absolute atomic E-state index is 12.5. The third-order valence-electron chi connectivity index (χ3n) is 4.83. The number of carbonyl (C=O) groups excluding carboxylic acids is 1. The fourth-order valence-electron chi connectivity index (χ4n) is 3.61. The molecular formula is C17H24N2O. The Labute approximate surface area is 121 Å². The minimum atomic E-state index is -0.126. The highest BCUT2D eigenvalue weighted by Crippen LogP contribution is 2.37. The molecule has 1 aliphatic heterocycles. The van der Waals surface area contributed by atoms with Crippen LogP contribution in [0.25, 0.3) is 0 Å². The fraction of sp³-hybridized carbons (Fsp3) is 0.588. The number of hydrogen-bond acceptors (Lipinski definition) is 2. The molecule has 1 amide bonds. The molecule has 1 saturated carbocycles. The molecule has 0 bridgehead atoms. The minimum Gasteiger partial charge on any atom is -0.346 e. The van der Waals surface area contributed by atoms with Gasteiger partial charge in [-0.25, -0.2) is 0 Å². The van der Waals surface area contributed by atoms with Crippen LogP contribution in [0.15, 0.2) is 30.3 Å². The van der Waals surface area contributed by atoms with Gasteiger partial charge in [0.05, 0.1) is 11.5 Å². The van der Waals surface area contributed by atoms with Crippen molar-refractivity contribution in [1.29, 1.82) is 0 Å². The van der Waals surface area contributed by atoms with Crippen molar-refractivity contribution in [3.8, 4) is 0 Å². The average molecular weight is 272 g/mol. The molecule has 2 N–H and O–H groups in total. The topological polar surface area (TPSA) is 41.1 Å². The molecule has 108 valence electrons. The number of amides is 1. The van der Waals surface area contributed by atoms with E-state index >= 15 is 0 Å². The van der Waals surface area contributed by atoms with Crippen molar-refractivity contribution in [3.63, 3.8) is 0 Å². The predicted molar refractivity (Wildman–Crippen MR) is 80.3 cm³/mol. The average Bonchev–Trinajstić information content (AvgIpc) is 3.03. The van der Waals surface area contributed by atoms with Gasteiger partial charge in [-0.15, -0.1) is 0 Å². The first-order valence-electron chi connectivity index (χ1n) is 7.88. The van der Waals surface area contributed by atoms with Gasteiger partial charge < -0.3 is 10.6 Å². The predicted octanol–water partition coefficient (Wildman–Crippen LogP) is 2.57. The fourth-order valence-corrected chi connectivity index (χ4v) is 3.61. The highest BCUT2D eigenvalue weighted by molar-refractivity contribution is 5.80.